The van der Waals surface area contributed by atoms with E-state index in [9.17, 15) is 4.79 Å². The van der Waals surface area contributed by atoms with E-state index in [1.165, 1.54) is 0 Å². The summed E-state index contributed by atoms with van der Waals surface area (Å²) in [7, 11) is 1.74. The van der Waals surface area contributed by atoms with Gasteiger partial charge in [-0.1, -0.05) is 6.92 Å². The molecule has 2 heterocycles. The number of likely N-dealkylation sites (tertiary alicyclic amines) is 1. The highest BCUT2D eigenvalue weighted by Crippen LogP contribution is 2.23. The van der Waals surface area contributed by atoms with Crippen LogP contribution >= 0.6 is 11.8 Å². The van der Waals surface area contributed by atoms with E-state index in [1.54, 1.807) is 18.9 Å². The van der Waals surface area contributed by atoms with Gasteiger partial charge in [-0.25, -0.2) is 0 Å². The molecule has 0 aromatic rings. The maximum absolute atomic E-state index is 12.1. The second-order valence-corrected chi connectivity index (χ2v) is 6.57. The van der Waals surface area contributed by atoms with Crippen LogP contribution in [0.25, 0.3) is 0 Å². The van der Waals surface area contributed by atoms with Gasteiger partial charge >= 0.3 is 0 Å². The van der Waals surface area contributed by atoms with Gasteiger partial charge in [-0.05, 0) is 12.2 Å². The molecular formula is C14H26N2O3S. The summed E-state index contributed by atoms with van der Waals surface area (Å²) in [6.45, 7) is 7.24. The number of hydrogen-bond donors (Lipinski definition) is 0. The Morgan fingerprint density at radius 1 is 1.45 bits per heavy atom. The van der Waals surface area contributed by atoms with Gasteiger partial charge < -0.3 is 14.4 Å². The highest BCUT2D eigenvalue weighted by Gasteiger charge is 2.41. The highest BCUT2D eigenvalue weighted by molar-refractivity contribution is 7.99. The van der Waals surface area contributed by atoms with Gasteiger partial charge in [0, 0.05) is 39.9 Å². The number of carbonyl (C=O) groups excluding carboxylic acids is 1. The Morgan fingerprint density at radius 3 is 3.05 bits per heavy atom. The molecule has 0 aromatic carbocycles. The van der Waals surface area contributed by atoms with Crippen LogP contribution in [-0.4, -0.2) is 85.9 Å². The van der Waals surface area contributed by atoms with Crippen LogP contribution in [0.4, 0.5) is 0 Å². The SMILES string of the molecule is CCSCC(=O)N1C[C@@H]2OCCN(CCCOC)[C@H]2C1. The van der Waals surface area contributed by atoms with E-state index in [2.05, 4.69) is 11.8 Å². The highest BCUT2D eigenvalue weighted by atomic mass is 32.2. The second-order valence-electron chi connectivity index (χ2n) is 5.29. The Hall–Kier alpha value is -0.300. The Balaban J connectivity index is 1.84. The number of amides is 1. The number of fused-ring (bicyclic) bond motifs is 1. The zero-order chi connectivity index (χ0) is 14.4. The van der Waals surface area contributed by atoms with Gasteiger partial charge in [0.15, 0.2) is 0 Å². The molecule has 2 aliphatic rings. The monoisotopic (exact) mass is 302 g/mol. The molecule has 0 aliphatic carbocycles. The maximum Gasteiger partial charge on any atom is 0.232 e. The molecule has 2 rings (SSSR count). The number of thioether (sulfide) groups is 1. The van der Waals surface area contributed by atoms with Crippen molar-refractivity contribution in [3.8, 4) is 0 Å². The Kier molecular flexibility index (Phi) is 6.61. The first-order chi connectivity index (χ1) is 9.76. The third-order valence-corrected chi connectivity index (χ3v) is 4.85. The van der Waals surface area contributed by atoms with E-state index in [-0.39, 0.29) is 12.0 Å². The van der Waals surface area contributed by atoms with Crippen molar-refractivity contribution in [2.24, 2.45) is 0 Å². The summed E-state index contributed by atoms with van der Waals surface area (Å²) in [6, 6.07) is 0.371. The molecule has 0 bridgehead atoms. The topological polar surface area (TPSA) is 42.0 Å². The van der Waals surface area contributed by atoms with Crippen molar-refractivity contribution >= 4 is 17.7 Å². The largest absolute Gasteiger partial charge is 0.385 e. The molecule has 0 aromatic heterocycles. The van der Waals surface area contributed by atoms with E-state index >= 15 is 0 Å². The van der Waals surface area contributed by atoms with Crippen molar-refractivity contribution in [1.29, 1.82) is 0 Å². The van der Waals surface area contributed by atoms with Crippen LogP contribution < -0.4 is 0 Å². The molecule has 20 heavy (non-hydrogen) atoms. The van der Waals surface area contributed by atoms with Crippen LogP contribution in [0.3, 0.4) is 0 Å². The lowest BCUT2D eigenvalue weighted by atomic mass is 10.1. The molecule has 0 spiro atoms. The molecule has 1 amide bonds. The number of ether oxygens (including phenoxy) is 2. The van der Waals surface area contributed by atoms with E-state index in [1.807, 2.05) is 4.90 Å². The van der Waals surface area contributed by atoms with Crippen molar-refractivity contribution in [3.05, 3.63) is 0 Å². The summed E-state index contributed by atoms with van der Waals surface area (Å²) >= 11 is 1.69. The summed E-state index contributed by atoms with van der Waals surface area (Å²) in [5.41, 5.74) is 0. The zero-order valence-corrected chi connectivity index (χ0v) is 13.4. The second kappa shape index (κ2) is 8.22. The fourth-order valence-corrected chi connectivity index (χ4v) is 3.49. The molecule has 2 atom stereocenters. The standard InChI is InChI=1S/C14H26N2O3S/c1-3-20-11-14(17)16-9-12-13(10-16)19-8-6-15(12)5-4-7-18-2/h12-13H,3-11H2,1-2H3/t12-,13-/m0/s1. The number of methoxy groups -OCH3 is 1. The smallest absolute Gasteiger partial charge is 0.232 e. The van der Waals surface area contributed by atoms with Crippen molar-refractivity contribution in [2.45, 2.75) is 25.5 Å². The third-order valence-electron chi connectivity index (χ3n) is 3.99. The maximum atomic E-state index is 12.1. The summed E-state index contributed by atoms with van der Waals surface area (Å²) in [5.74, 6) is 1.85. The first-order valence-corrected chi connectivity index (χ1v) is 8.61. The minimum Gasteiger partial charge on any atom is -0.385 e. The Morgan fingerprint density at radius 2 is 2.30 bits per heavy atom. The lowest BCUT2D eigenvalue weighted by molar-refractivity contribution is -0.127. The molecule has 2 fully saturated rings. The van der Waals surface area contributed by atoms with Crippen molar-refractivity contribution in [3.63, 3.8) is 0 Å². The molecule has 5 nitrogen and oxygen atoms in total. The summed E-state index contributed by atoms with van der Waals surface area (Å²) in [5, 5.41) is 0. The van der Waals surface area contributed by atoms with Gasteiger partial charge in [-0.3, -0.25) is 9.69 Å². The fourth-order valence-electron chi connectivity index (χ4n) is 2.93. The minimum absolute atomic E-state index is 0.196. The minimum atomic E-state index is 0.196. The van der Waals surface area contributed by atoms with Gasteiger partial charge in [-0.15, -0.1) is 0 Å². The quantitative estimate of drug-likeness (QED) is 0.647. The van der Waals surface area contributed by atoms with Crippen LogP contribution in [-0.2, 0) is 14.3 Å². The summed E-state index contributed by atoms with van der Waals surface area (Å²) in [4.78, 5) is 16.6. The van der Waals surface area contributed by atoms with Crippen LogP contribution in [0.2, 0.25) is 0 Å². The van der Waals surface area contributed by atoms with Crippen LogP contribution in [0.1, 0.15) is 13.3 Å². The first kappa shape index (κ1) is 16.1. The van der Waals surface area contributed by atoms with Gasteiger partial charge in [0.05, 0.1) is 24.5 Å². The molecule has 116 valence electrons. The first-order valence-electron chi connectivity index (χ1n) is 7.46. The average molecular weight is 302 g/mol. The fraction of sp³-hybridized carbons (Fsp3) is 0.929. The van der Waals surface area contributed by atoms with Crippen molar-refractivity contribution < 1.29 is 14.3 Å². The van der Waals surface area contributed by atoms with E-state index in [0.717, 1.165) is 51.6 Å². The molecule has 2 aliphatic heterocycles. The van der Waals surface area contributed by atoms with Crippen LogP contribution in [0, 0.1) is 0 Å². The normalized spacial score (nSPS) is 26.8. The van der Waals surface area contributed by atoms with Gasteiger partial charge in [0.2, 0.25) is 5.91 Å². The Bertz CT molecular complexity index is 317. The summed E-state index contributed by atoms with van der Waals surface area (Å²) < 4.78 is 11.0. The van der Waals surface area contributed by atoms with Gasteiger partial charge in [0.1, 0.15) is 0 Å². The summed E-state index contributed by atoms with van der Waals surface area (Å²) in [6.07, 6.45) is 1.24. The van der Waals surface area contributed by atoms with E-state index < -0.39 is 0 Å². The van der Waals surface area contributed by atoms with Gasteiger partial charge in [0.25, 0.3) is 0 Å². The van der Waals surface area contributed by atoms with E-state index in [0.29, 0.717) is 11.8 Å². The lowest BCUT2D eigenvalue weighted by Gasteiger charge is -2.36. The average Bonchev–Trinajstić information content (AvgIpc) is 2.90. The molecule has 0 saturated carbocycles. The molecule has 6 heteroatoms. The number of morpholine rings is 1. The molecule has 2 saturated heterocycles. The van der Waals surface area contributed by atoms with Crippen LogP contribution in [0.15, 0.2) is 0 Å². The molecular weight excluding hydrogens is 276 g/mol. The van der Waals surface area contributed by atoms with Crippen molar-refractivity contribution in [2.75, 3.05) is 58.0 Å². The third kappa shape index (κ3) is 4.10. The lowest BCUT2D eigenvalue weighted by Crippen LogP contribution is -2.51. The number of hydrogen-bond acceptors (Lipinski definition) is 5. The van der Waals surface area contributed by atoms with Gasteiger partial charge in [-0.2, -0.15) is 11.8 Å². The number of nitrogens with zero attached hydrogens (tertiary/aromatic N) is 2. The molecule has 0 radical (unpaired) electrons. The molecule has 0 N–H and O–H groups in total. The predicted molar refractivity (Wildman–Crippen MR) is 81.2 cm³/mol. The Labute approximate surface area is 126 Å². The van der Waals surface area contributed by atoms with Crippen molar-refractivity contribution in [1.82, 2.24) is 9.80 Å². The zero-order valence-electron chi connectivity index (χ0n) is 12.5. The van der Waals surface area contributed by atoms with Crippen LogP contribution in [0.5, 0.6) is 0 Å². The van der Waals surface area contributed by atoms with E-state index in [4.69, 9.17) is 9.47 Å². The molecule has 0 unspecified atom stereocenters. The number of carbonyl (C=O) groups is 1. The number of rotatable bonds is 7. The predicted octanol–water partition coefficient (Wildman–Crippen LogP) is 0.688.